The molecule has 10 nitrogen and oxygen atoms in total. The lowest BCUT2D eigenvalue weighted by molar-refractivity contribution is 0.139. The van der Waals surface area contributed by atoms with E-state index in [9.17, 15) is 9.18 Å². The van der Waals surface area contributed by atoms with Gasteiger partial charge in [-0.15, -0.1) is 0 Å². The molecular formula is C22H23ClFN9O. The number of carbonyl (C=O) groups excluding carboxylic acids is 1. The lowest BCUT2D eigenvalue weighted by atomic mass is 10.1. The van der Waals surface area contributed by atoms with Crippen molar-refractivity contribution in [2.75, 3.05) is 31.1 Å². The predicted molar refractivity (Wildman–Crippen MR) is 125 cm³/mol. The van der Waals surface area contributed by atoms with Crippen LogP contribution in [0.4, 0.5) is 15.1 Å². The van der Waals surface area contributed by atoms with Crippen LogP contribution in [0.2, 0.25) is 5.02 Å². The average Bonchev–Trinajstić information content (AvgIpc) is 3.45. The molecule has 2 amide bonds. The first-order chi connectivity index (χ1) is 16.4. The monoisotopic (exact) mass is 483 g/mol. The number of pyridine rings is 1. The Morgan fingerprint density at radius 3 is 2.68 bits per heavy atom. The maximum absolute atomic E-state index is 13.6. The van der Waals surface area contributed by atoms with Crippen LogP contribution in [-0.2, 0) is 0 Å². The van der Waals surface area contributed by atoms with Crippen LogP contribution in [0.25, 0.3) is 5.82 Å². The highest BCUT2D eigenvalue weighted by atomic mass is 35.5. The maximum atomic E-state index is 13.6. The summed E-state index contributed by atoms with van der Waals surface area (Å²) in [6.45, 7) is 5.84. The minimum Gasteiger partial charge on any atom is -0.337 e. The lowest BCUT2D eigenvalue weighted by Crippen LogP contribution is -2.52. The molecule has 34 heavy (non-hydrogen) atoms. The van der Waals surface area contributed by atoms with E-state index in [1.54, 1.807) is 34.3 Å². The third kappa shape index (κ3) is 4.07. The molecule has 0 aliphatic carbocycles. The minimum atomic E-state index is -0.435. The topological polar surface area (TPSA) is 95.6 Å². The van der Waals surface area contributed by atoms with E-state index in [0.29, 0.717) is 55.0 Å². The van der Waals surface area contributed by atoms with Gasteiger partial charge in [-0.25, -0.2) is 23.9 Å². The van der Waals surface area contributed by atoms with Crippen LogP contribution in [0.3, 0.4) is 0 Å². The fraction of sp³-hybridized carbons (Fsp3) is 0.364. The Balaban J connectivity index is 1.26. The average molecular weight is 484 g/mol. The molecule has 1 fully saturated rings. The number of piperazine rings is 1. The summed E-state index contributed by atoms with van der Waals surface area (Å²) in [6, 6.07) is 2.60. The molecule has 0 aromatic carbocycles. The summed E-state index contributed by atoms with van der Waals surface area (Å²) in [6.07, 6.45) is 6.60. The first-order valence-electron chi connectivity index (χ1n) is 10.9. The first kappa shape index (κ1) is 22.2. The Morgan fingerprint density at radius 1 is 1.18 bits per heavy atom. The van der Waals surface area contributed by atoms with Crippen LogP contribution in [0.1, 0.15) is 29.4 Å². The zero-order valence-corrected chi connectivity index (χ0v) is 19.5. The van der Waals surface area contributed by atoms with Gasteiger partial charge in [-0.2, -0.15) is 15.2 Å². The fourth-order valence-electron chi connectivity index (χ4n) is 4.18. The van der Waals surface area contributed by atoms with Crippen molar-refractivity contribution in [2.45, 2.75) is 26.3 Å². The third-order valence-corrected chi connectivity index (χ3v) is 6.56. The zero-order valence-electron chi connectivity index (χ0n) is 18.8. The summed E-state index contributed by atoms with van der Waals surface area (Å²) >= 11 is 6.28. The third-order valence-electron chi connectivity index (χ3n) is 6.02. The number of aryl methyl sites for hydroxylation is 1. The normalized spacial score (nSPS) is 18.1. The molecule has 0 unspecified atom stereocenters. The molecule has 0 saturated carbocycles. The molecule has 0 radical (unpaired) electrons. The molecule has 12 heteroatoms. The molecule has 1 atom stereocenters. The second kappa shape index (κ2) is 8.98. The molecule has 0 spiro atoms. The first-order valence-corrected chi connectivity index (χ1v) is 11.3. The molecule has 176 valence electrons. The van der Waals surface area contributed by atoms with Gasteiger partial charge in [-0.1, -0.05) is 11.6 Å². The number of hydrazone groups is 1. The number of nitrogens with zero attached hydrogens (tertiary/aromatic N) is 9. The fourth-order valence-corrected chi connectivity index (χ4v) is 4.30. The van der Waals surface area contributed by atoms with Gasteiger partial charge in [0.25, 0.3) is 0 Å². The molecule has 2 aliphatic heterocycles. The number of urea groups is 1. The smallest absolute Gasteiger partial charge is 0.337 e. The van der Waals surface area contributed by atoms with Crippen LogP contribution < -0.4 is 4.90 Å². The zero-order chi connectivity index (χ0) is 23.8. The van der Waals surface area contributed by atoms with Gasteiger partial charge < -0.3 is 9.80 Å². The van der Waals surface area contributed by atoms with Crippen molar-refractivity contribution in [1.29, 1.82) is 0 Å². The second-order valence-corrected chi connectivity index (χ2v) is 8.58. The van der Waals surface area contributed by atoms with Crippen molar-refractivity contribution in [3.63, 3.8) is 0 Å². The highest BCUT2D eigenvalue weighted by Gasteiger charge is 2.33. The number of hydrogen-bond donors (Lipinski definition) is 0. The van der Waals surface area contributed by atoms with Crippen LogP contribution in [0, 0.1) is 19.7 Å². The van der Waals surface area contributed by atoms with Crippen molar-refractivity contribution in [3.05, 3.63) is 58.5 Å². The van der Waals surface area contributed by atoms with Crippen molar-refractivity contribution >= 4 is 29.8 Å². The number of hydrogen-bond acceptors (Lipinski definition) is 7. The quantitative estimate of drug-likeness (QED) is 0.568. The van der Waals surface area contributed by atoms with E-state index >= 15 is 0 Å². The van der Waals surface area contributed by atoms with E-state index in [2.05, 4.69) is 25.2 Å². The van der Waals surface area contributed by atoms with Crippen molar-refractivity contribution < 1.29 is 9.18 Å². The Morgan fingerprint density at radius 2 is 1.97 bits per heavy atom. The van der Waals surface area contributed by atoms with Gasteiger partial charge >= 0.3 is 6.03 Å². The van der Waals surface area contributed by atoms with Gasteiger partial charge in [0.15, 0.2) is 5.82 Å². The Kier molecular flexibility index (Phi) is 5.86. The Labute approximate surface area is 200 Å². The van der Waals surface area contributed by atoms with Gasteiger partial charge in [-0.3, -0.25) is 4.98 Å². The Hall–Kier alpha value is -3.60. The van der Waals surface area contributed by atoms with Gasteiger partial charge in [0, 0.05) is 57.3 Å². The number of halogens is 2. The SMILES string of the molecule is Cc1nn(-c2ccnc(N3CCN(C(=O)N4N=CC[C@H]4c4cncc(F)c4)CC3)n2)c(C)c1Cl. The van der Waals surface area contributed by atoms with Gasteiger partial charge in [-0.05, 0) is 25.5 Å². The van der Waals surface area contributed by atoms with E-state index in [-0.39, 0.29) is 12.1 Å². The molecule has 5 heterocycles. The van der Waals surface area contributed by atoms with Crippen LogP contribution in [0.5, 0.6) is 0 Å². The van der Waals surface area contributed by atoms with Gasteiger partial charge in [0.2, 0.25) is 5.95 Å². The maximum Gasteiger partial charge on any atom is 0.341 e. The van der Waals surface area contributed by atoms with Crippen molar-refractivity contribution in [2.24, 2.45) is 5.10 Å². The molecule has 1 saturated heterocycles. The summed E-state index contributed by atoms with van der Waals surface area (Å²) in [4.78, 5) is 29.9. The lowest BCUT2D eigenvalue weighted by Gasteiger charge is -2.37. The van der Waals surface area contributed by atoms with Crippen molar-refractivity contribution in [1.82, 2.24) is 34.6 Å². The van der Waals surface area contributed by atoms with E-state index in [4.69, 9.17) is 11.6 Å². The van der Waals surface area contributed by atoms with Crippen LogP contribution in [0.15, 0.2) is 35.8 Å². The molecule has 2 aliphatic rings. The molecule has 0 N–H and O–H groups in total. The van der Waals surface area contributed by atoms with Gasteiger partial charge in [0.1, 0.15) is 5.82 Å². The molecule has 5 rings (SSSR count). The van der Waals surface area contributed by atoms with E-state index in [1.807, 2.05) is 18.7 Å². The number of aromatic nitrogens is 5. The van der Waals surface area contributed by atoms with Crippen LogP contribution in [-0.4, -0.2) is 73.1 Å². The highest BCUT2D eigenvalue weighted by Crippen LogP contribution is 2.29. The van der Waals surface area contributed by atoms with E-state index in [0.717, 1.165) is 17.6 Å². The predicted octanol–water partition coefficient (Wildman–Crippen LogP) is 3.14. The second-order valence-electron chi connectivity index (χ2n) is 8.20. The molecule has 3 aromatic heterocycles. The molecule has 0 bridgehead atoms. The number of rotatable bonds is 3. The summed E-state index contributed by atoms with van der Waals surface area (Å²) in [5, 5.41) is 10.7. The largest absolute Gasteiger partial charge is 0.341 e. The minimum absolute atomic E-state index is 0.213. The number of anilines is 1. The van der Waals surface area contributed by atoms with Crippen LogP contribution >= 0.6 is 11.6 Å². The van der Waals surface area contributed by atoms with Crippen molar-refractivity contribution in [3.8, 4) is 5.82 Å². The summed E-state index contributed by atoms with van der Waals surface area (Å²) in [5.41, 5.74) is 2.18. The number of amides is 2. The molecular weight excluding hydrogens is 461 g/mol. The summed E-state index contributed by atoms with van der Waals surface area (Å²) in [7, 11) is 0. The van der Waals surface area contributed by atoms with Gasteiger partial charge in [0.05, 0.1) is 28.6 Å². The highest BCUT2D eigenvalue weighted by molar-refractivity contribution is 6.31. The summed E-state index contributed by atoms with van der Waals surface area (Å²) in [5.74, 6) is 0.764. The Bertz CT molecular complexity index is 1250. The molecule has 3 aromatic rings. The summed E-state index contributed by atoms with van der Waals surface area (Å²) < 4.78 is 15.3. The standard InChI is InChI=1S/C22H23ClFN9O/c1-14-20(23)15(2)32(29-14)19-4-5-26-21(28-19)30-7-9-31(10-8-30)22(34)33-18(3-6-27-33)16-11-17(24)13-25-12-16/h4-6,11-13,18H,3,7-10H2,1-2H3/t18-/m0/s1. The van der Waals surface area contributed by atoms with E-state index < -0.39 is 5.82 Å². The number of carbonyl (C=O) groups is 1. The van der Waals surface area contributed by atoms with E-state index in [1.165, 1.54) is 11.1 Å².